The van der Waals surface area contributed by atoms with E-state index in [1.54, 1.807) is 28.8 Å². The summed E-state index contributed by atoms with van der Waals surface area (Å²) in [7, 11) is -3.59. The number of carbonyl (C=O) groups excluding carboxylic acids is 1. The van der Waals surface area contributed by atoms with E-state index in [1.807, 2.05) is 57.2 Å². The molecule has 1 aliphatic heterocycles. The molecule has 168 valence electrons. The van der Waals surface area contributed by atoms with E-state index in [9.17, 15) is 13.2 Å². The molecule has 0 spiro atoms. The fourth-order valence-electron chi connectivity index (χ4n) is 4.07. The minimum Gasteiger partial charge on any atom is -0.336 e. The van der Waals surface area contributed by atoms with Crippen LogP contribution in [0.25, 0.3) is 5.69 Å². The van der Waals surface area contributed by atoms with E-state index in [0.29, 0.717) is 23.5 Å². The lowest BCUT2D eigenvalue weighted by Crippen LogP contribution is -2.50. The normalized spacial score (nSPS) is 15.2. The van der Waals surface area contributed by atoms with Gasteiger partial charge in [-0.05, 0) is 62.6 Å². The van der Waals surface area contributed by atoms with Gasteiger partial charge in [0.2, 0.25) is 10.0 Å². The largest absolute Gasteiger partial charge is 0.336 e. The molecule has 0 radical (unpaired) electrons. The van der Waals surface area contributed by atoms with Crippen LogP contribution in [-0.4, -0.2) is 59.5 Å². The molecule has 4 rings (SSSR count). The molecule has 0 aliphatic carbocycles. The zero-order valence-electron chi connectivity index (χ0n) is 18.9. The Kier molecular flexibility index (Phi) is 5.92. The molecule has 0 N–H and O–H groups in total. The van der Waals surface area contributed by atoms with Crippen molar-refractivity contribution < 1.29 is 13.2 Å². The van der Waals surface area contributed by atoms with E-state index in [-0.39, 0.29) is 19.0 Å². The molecule has 1 aliphatic rings. The topological polar surface area (TPSA) is 75.5 Å². The van der Waals surface area contributed by atoms with Gasteiger partial charge in [-0.15, -0.1) is 0 Å². The fraction of sp³-hybridized carbons (Fsp3) is 0.333. The van der Waals surface area contributed by atoms with Crippen molar-refractivity contribution in [2.45, 2.75) is 32.6 Å². The summed E-state index contributed by atoms with van der Waals surface area (Å²) in [6, 6.07) is 13.4. The van der Waals surface area contributed by atoms with Crippen LogP contribution in [0.4, 0.5) is 0 Å². The van der Waals surface area contributed by atoms with Gasteiger partial charge in [0.05, 0.1) is 28.0 Å². The molecule has 3 aromatic rings. The number of aryl methyl sites for hydroxylation is 3. The molecule has 0 unspecified atom stereocenters. The fourth-order valence-corrected chi connectivity index (χ4v) is 5.80. The van der Waals surface area contributed by atoms with Gasteiger partial charge in [-0.3, -0.25) is 4.79 Å². The van der Waals surface area contributed by atoms with Crippen molar-refractivity contribution >= 4 is 15.9 Å². The molecule has 0 atom stereocenters. The Hall–Kier alpha value is -2.97. The first kappa shape index (κ1) is 22.2. The Morgan fingerprint density at radius 1 is 0.906 bits per heavy atom. The number of aromatic nitrogens is 2. The summed E-state index contributed by atoms with van der Waals surface area (Å²) < 4.78 is 29.6. The molecule has 32 heavy (non-hydrogen) atoms. The maximum atomic E-state index is 13.2. The summed E-state index contributed by atoms with van der Waals surface area (Å²) in [4.78, 5) is 15.2. The smallest absolute Gasteiger partial charge is 0.257 e. The maximum absolute atomic E-state index is 13.2. The predicted octanol–water partition coefficient (Wildman–Crippen LogP) is 3.25. The number of benzene rings is 2. The lowest BCUT2D eigenvalue weighted by Gasteiger charge is -2.34. The molecule has 7 nitrogen and oxygen atoms in total. The Bertz CT molecular complexity index is 1270. The highest BCUT2D eigenvalue weighted by molar-refractivity contribution is 7.89. The van der Waals surface area contributed by atoms with Gasteiger partial charge in [0.1, 0.15) is 0 Å². The van der Waals surface area contributed by atoms with Gasteiger partial charge in [0.15, 0.2) is 0 Å². The van der Waals surface area contributed by atoms with Crippen molar-refractivity contribution in [1.82, 2.24) is 19.0 Å². The second kappa shape index (κ2) is 8.52. The first-order valence-corrected chi connectivity index (χ1v) is 12.1. The van der Waals surface area contributed by atoms with Crippen molar-refractivity contribution in [3.05, 3.63) is 76.6 Å². The van der Waals surface area contributed by atoms with Crippen LogP contribution in [0.3, 0.4) is 0 Å². The third-order valence-electron chi connectivity index (χ3n) is 5.97. The number of hydrogen-bond acceptors (Lipinski definition) is 4. The van der Waals surface area contributed by atoms with Gasteiger partial charge in [0, 0.05) is 26.2 Å². The SMILES string of the molecule is Cc1cccc(-n2ncc(C(=O)N3CCN(S(=O)(=O)c4cc(C)ccc4C)CC3)c2C)c1. The summed E-state index contributed by atoms with van der Waals surface area (Å²) in [6.07, 6.45) is 1.60. The van der Waals surface area contributed by atoms with Gasteiger partial charge < -0.3 is 4.90 Å². The summed E-state index contributed by atoms with van der Waals surface area (Å²) in [5, 5.41) is 4.42. The second-order valence-electron chi connectivity index (χ2n) is 8.36. The first-order chi connectivity index (χ1) is 15.2. The zero-order valence-corrected chi connectivity index (χ0v) is 19.7. The maximum Gasteiger partial charge on any atom is 0.257 e. The van der Waals surface area contributed by atoms with Gasteiger partial charge in [0.25, 0.3) is 5.91 Å². The molecular formula is C24H28N4O3S. The molecule has 8 heteroatoms. The van der Waals surface area contributed by atoms with E-state index in [4.69, 9.17) is 0 Å². The molecule has 1 amide bonds. The van der Waals surface area contributed by atoms with Gasteiger partial charge in [-0.1, -0.05) is 24.3 Å². The first-order valence-electron chi connectivity index (χ1n) is 10.7. The van der Waals surface area contributed by atoms with Gasteiger partial charge >= 0.3 is 0 Å². The predicted molar refractivity (Wildman–Crippen MR) is 124 cm³/mol. The zero-order chi connectivity index (χ0) is 23.0. The van der Waals surface area contributed by atoms with Crippen LogP contribution in [0.5, 0.6) is 0 Å². The minimum atomic E-state index is -3.59. The van der Waals surface area contributed by atoms with Crippen molar-refractivity contribution in [3.63, 3.8) is 0 Å². The number of amides is 1. The number of hydrogen-bond donors (Lipinski definition) is 0. The Morgan fingerprint density at radius 3 is 2.28 bits per heavy atom. The average molecular weight is 453 g/mol. The van der Waals surface area contributed by atoms with E-state index < -0.39 is 10.0 Å². The highest BCUT2D eigenvalue weighted by Gasteiger charge is 2.32. The van der Waals surface area contributed by atoms with Crippen LogP contribution in [0.1, 0.15) is 32.7 Å². The second-order valence-corrected chi connectivity index (χ2v) is 10.3. The van der Waals surface area contributed by atoms with E-state index >= 15 is 0 Å². The van der Waals surface area contributed by atoms with E-state index in [2.05, 4.69) is 5.10 Å². The van der Waals surface area contributed by atoms with Crippen molar-refractivity contribution in [2.24, 2.45) is 0 Å². The summed E-state index contributed by atoms with van der Waals surface area (Å²) in [6.45, 7) is 8.81. The Morgan fingerprint density at radius 2 is 1.59 bits per heavy atom. The standard InChI is InChI=1S/C24H28N4O3S/c1-17-6-5-7-21(14-17)28-20(4)22(16-25-28)24(29)26-10-12-27(13-11-26)32(30,31)23-15-18(2)8-9-19(23)3/h5-9,14-16H,10-13H2,1-4H3. The summed E-state index contributed by atoms with van der Waals surface area (Å²) in [5.41, 5.74) is 4.97. The van der Waals surface area contributed by atoms with Crippen LogP contribution in [0.2, 0.25) is 0 Å². The molecule has 2 heterocycles. The number of sulfonamides is 1. The van der Waals surface area contributed by atoms with Crippen molar-refractivity contribution in [2.75, 3.05) is 26.2 Å². The molecule has 2 aromatic carbocycles. The van der Waals surface area contributed by atoms with Crippen molar-refractivity contribution in [1.29, 1.82) is 0 Å². The van der Waals surface area contributed by atoms with Crippen LogP contribution >= 0.6 is 0 Å². The summed E-state index contributed by atoms with van der Waals surface area (Å²) in [5.74, 6) is -0.120. The van der Waals surface area contributed by atoms with Crippen LogP contribution in [0.15, 0.2) is 53.6 Å². The third kappa shape index (κ3) is 4.08. The number of carbonyl (C=O) groups is 1. The van der Waals surface area contributed by atoms with Crippen LogP contribution in [-0.2, 0) is 10.0 Å². The molecule has 1 saturated heterocycles. The number of piperazine rings is 1. The number of rotatable bonds is 4. The van der Waals surface area contributed by atoms with Crippen molar-refractivity contribution in [3.8, 4) is 5.69 Å². The van der Waals surface area contributed by atoms with Gasteiger partial charge in [-0.2, -0.15) is 9.40 Å². The van der Waals surface area contributed by atoms with Crippen LogP contribution < -0.4 is 0 Å². The van der Waals surface area contributed by atoms with Crippen LogP contribution in [0, 0.1) is 27.7 Å². The lowest BCUT2D eigenvalue weighted by molar-refractivity contribution is 0.0697. The molecule has 1 aromatic heterocycles. The lowest BCUT2D eigenvalue weighted by atomic mass is 10.2. The molecule has 0 bridgehead atoms. The number of nitrogens with zero attached hydrogens (tertiary/aromatic N) is 4. The Balaban J connectivity index is 1.49. The van der Waals surface area contributed by atoms with E-state index in [1.165, 1.54) is 4.31 Å². The molecule has 1 fully saturated rings. The minimum absolute atomic E-state index is 0.120. The van der Waals surface area contributed by atoms with E-state index in [0.717, 1.165) is 28.1 Å². The average Bonchev–Trinajstić information content (AvgIpc) is 3.16. The Labute approximate surface area is 189 Å². The summed E-state index contributed by atoms with van der Waals surface area (Å²) >= 11 is 0. The monoisotopic (exact) mass is 452 g/mol. The third-order valence-corrected chi connectivity index (χ3v) is 8.01. The molecule has 0 saturated carbocycles. The van der Waals surface area contributed by atoms with Gasteiger partial charge in [-0.25, -0.2) is 13.1 Å². The molecular weight excluding hydrogens is 424 g/mol. The highest BCUT2D eigenvalue weighted by atomic mass is 32.2. The quantitative estimate of drug-likeness (QED) is 0.609. The highest BCUT2D eigenvalue weighted by Crippen LogP contribution is 2.23.